The van der Waals surface area contributed by atoms with Crippen LogP contribution in [0.5, 0.6) is 0 Å². The second-order valence-corrected chi connectivity index (χ2v) is 4.66. The number of likely N-dealkylation sites (tertiary alicyclic amines) is 1. The Labute approximate surface area is 123 Å². The third kappa shape index (κ3) is 5.31. The topological polar surface area (TPSA) is 49.6 Å². The second-order valence-electron chi connectivity index (χ2n) is 4.66. The standard InChI is InChI=1S/C12H25N3O.2ClH/c1-4-11(13)12(16)14(3)9-10-7-6-8-15(10)5-2;;/h10-11H,4-9,13H2,1-3H3;2*1H/t10?,11-;;/m0../s1. The molecule has 2 atom stereocenters. The maximum absolute atomic E-state index is 11.8. The highest BCUT2D eigenvalue weighted by molar-refractivity contribution is 5.85. The predicted octanol–water partition coefficient (Wildman–Crippen LogP) is 1.51. The van der Waals surface area contributed by atoms with E-state index in [2.05, 4.69) is 11.8 Å². The molecule has 0 spiro atoms. The fourth-order valence-corrected chi connectivity index (χ4v) is 2.38. The number of amides is 1. The smallest absolute Gasteiger partial charge is 0.239 e. The summed E-state index contributed by atoms with van der Waals surface area (Å²) in [7, 11) is 1.87. The van der Waals surface area contributed by atoms with E-state index >= 15 is 0 Å². The Morgan fingerprint density at radius 2 is 2.06 bits per heavy atom. The van der Waals surface area contributed by atoms with E-state index in [1.54, 1.807) is 4.90 Å². The van der Waals surface area contributed by atoms with Crippen LogP contribution in [0.25, 0.3) is 0 Å². The molecule has 1 heterocycles. The number of nitrogens with two attached hydrogens (primary N) is 1. The van der Waals surface area contributed by atoms with E-state index in [0.29, 0.717) is 12.5 Å². The normalized spacial score (nSPS) is 20.8. The summed E-state index contributed by atoms with van der Waals surface area (Å²) in [6, 6.07) is 0.199. The van der Waals surface area contributed by atoms with Crippen LogP contribution in [0.3, 0.4) is 0 Å². The van der Waals surface area contributed by atoms with E-state index in [0.717, 1.165) is 13.1 Å². The van der Waals surface area contributed by atoms with Gasteiger partial charge in [0.25, 0.3) is 0 Å². The molecule has 2 N–H and O–H groups in total. The maximum atomic E-state index is 11.8. The summed E-state index contributed by atoms with van der Waals surface area (Å²) in [5, 5.41) is 0. The molecule has 0 radical (unpaired) electrons. The molecule has 0 bridgehead atoms. The van der Waals surface area contributed by atoms with Crippen molar-refractivity contribution in [3.63, 3.8) is 0 Å². The van der Waals surface area contributed by atoms with Gasteiger partial charge >= 0.3 is 0 Å². The molecule has 0 aliphatic carbocycles. The molecule has 0 aromatic heterocycles. The number of nitrogens with zero attached hydrogens (tertiary/aromatic N) is 2. The predicted molar refractivity (Wildman–Crippen MR) is 80.7 cm³/mol. The first kappa shape index (κ1) is 20.3. The van der Waals surface area contributed by atoms with E-state index < -0.39 is 0 Å². The van der Waals surface area contributed by atoms with Crippen LogP contribution in [0.2, 0.25) is 0 Å². The quantitative estimate of drug-likeness (QED) is 0.837. The summed E-state index contributed by atoms with van der Waals surface area (Å²) >= 11 is 0. The average Bonchev–Trinajstić information content (AvgIpc) is 2.74. The zero-order chi connectivity index (χ0) is 12.1. The Kier molecular flexibility index (Phi) is 11.1. The Hall–Kier alpha value is -0.0300. The van der Waals surface area contributed by atoms with Gasteiger partial charge in [0.15, 0.2) is 0 Å². The largest absolute Gasteiger partial charge is 0.343 e. The minimum Gasteiger partial charge on any atom is -0.343 e. The van der Waals surface area contributed by atoms with Crippen LogP contribution in [-0.4, -0.2) is 54.5 Å². The first-order valence-electron chi connectivity index (χ1n) is 6.34. The molecule has 6 heteroatoms. The molecule has 1 rings (SSSR count). The van der Waals surface area contributed by atoms with Gasteiger partial charge in [-0.15, -0.1) is 24.8 Å². The van der Waals surface area contributed by atoms with Crippen LogP contribution in [0.1, 0.15) is 33.1 Å². The molecule has 1 aliphatic rings. The molecule has 110 valence electrons. The lowest BCUT2D eigenvalue weighted by molar-refractivity contribution is -0.132. The average molecular weight is 300 g/mol. The third-order valence-corrected chi connectivity index (χ3v) is 3.52. The Balaban J connectivity index is 0. The van der Waals surface area contributed by atoms with Crippen LogP contribution >= 0.6 is 24.8 Å². The number of likely N-dealkylation sites (N-methyl/N-ethyl adjacent to an activating group) is 2. The monoisotopic (exact) mass is 299 g/mol. The van der Waals surface area contributed by atoms with E-state index in [4.69, 9.17) is 5.73 Å². The summed E-state index contributed by atoms with van der Waals surface area (Å²) in [6.45, 7) is 7.19. The third-order valence-electron chi connectivity index (χ3n) is 3.52. The van der Waals surface area contributed by atoms with Gasteiger partial charge in [0.1, 0.15) is 0 Å². The first-order valence-corrected chi connectivity index (χ1v) is 6.34. The molecule has 1 fully saturated rings. The van der Waals surface area contributed by atoms with Gasteiger partial charge in [-0.25, -0.2) is 0 Å². The van der Waals surface area contributed by atoms with Crippen LogP contribution < -0.4 is 5.73 Å². The molecular formula is C12H27Cl2N3O. The van der Waals surface area contributed by atoms with E-state index in [1.807, 2.05) is 14.0 Å². The highest BCUT2D eigenvalue weighted by atomic mass is 35.5. The van der Waals surface area contributed by atoms with Crippen molar-refractivity contribution in [1.82, 2.24) is 9.80 Å². The minimum absolute atomic E-state index is 0. The van der Waals surface area contributed by atoms with Gasteiger partial charge < -0.3 is 10.6 Å². The summed E-state index contributed by atoms with van der Waals surface area (Å²) < 4.78 is 0. The Morgan fingerprint density at radius 3 is 2.56 bits per heavy atom. The maximum Gasteiger partial charge on any atom is 0.239 e. The SMILES string of the molecule is CC[C@H](N)C(=O)N(C)CC1CCCN1CC.Cl.Cl. The van der Waals surface area contributed by atoms with Gasteiger partial charge in [0, 0.05) is 19.6 Å². The van der Waals surface area contributed by atoms with Gasteiger partial charge in [-0.1, -0.05) is 13.8 Å². The summed E-state index contributed by atoms with van der Waals surface area (Å²) in [4.78, 5) is 16.1. The van der Waals surface area contributed by atoms with Crippen LogP contribution in [-0.2, 0) is 4.79 Å². The van der Waals surface area contributed by atoms with Gasteiger partial charge in [0.05, 0.1) is 6.04 Å². The Bertz CT molecular complexity index is 241. The van der Waals surface area contributed by atoms with E-state index in [9.17, 15) is 4.79 Å². The van der Waals surface area contributed by atoms with Crippen molar-refractivity contribution < 1.29 is 4.79 Å². The van der Waals surface area contributed by atoms with Crippen molar-refractivity contribution in [1.29, 1.82) is 0 Å². The van der Waals surface area contributed by atoms with Crippen LogP contribution in [0.4, 0.5) is 0 Å². The molecule has 18 heavy (non-hydrogen) atoms. The van der Waals surface area contributed by atoms with Gasteiger partial charge in [-0.3, -0.25) is 9.69 Å². The number of hydrogen-bond acceptors (Lipinski definition) is 3. The number of carbonyl (C=O) groups excluding carboxylic acids is 1. The molecule has 1 aliphatic heterocycles. The molecule has 1 saturated heterocycles. The van der Waals surface area contributed by atoms with Crippen molar-refractivity contribution >= 4 is 30.7 Å². The number of rotatable bonds is 5. The summed E-state index contributed by atoms with van der Waals surface area (Å²) in [5.41, 5.74) is 5.75. The molecular weight excluding hydrogens is 273 g/mol. The van der Waals surface area contributed by atoms with E-state index in [1.165, 1.54) is 19.4 Å². The first-order chi connectivity index (χ1) is 7.60. The lowest BCUT2D eigenvalue weighted by Crippen LogP contribution is -2.46. The summed E-state index contributed by atoms with van der Waals surface area (Å²) in [6.07, 6.45) is 3.17. The second kappa shape index (κ2) is 9.84. The van der Waals surface area contributed by atoms with E-state index in [-0.39, 0.29) is 36.8 Å². The molecule has 1 unspecified atom stereocenters. The molecule has 0 saturated carbocycles. The molecule has 0 aromatic carbocycles. The van der Waals surface area contributed by atoms with Crippen molar-refractivity contribution in [2.45, 2.75) is 45.2 Å². The zero-order valence-electron chi connectivity index (χ0n) is 11.6. The highest BCUT2D eigenvalue weighted by Gasteiger charge is 2.26. The lowest BCUT2D eigenvalue weighted by Gasteiger charge is -2.29. The number of hydrogen-bond donors (Lipinski definition) is 1. The van der Waals surface area contributed by atoms with Crippen molar-refractivity contribution in [3.8, 4) is 0 Å². The summed E-state index contributed by atoms with van der Waals surface area (Å²) in [5.74, 6) is 0.0745. The Morgan fingerprint density at radius 1 is 1.44 bits per heavy atom. The minimum atomic E-state index is -0.332. The van der Waals surface area contributed by atoms with Crippen molar-refractivity contribution in [3.05, 3.63) is 0 Å². The fourth-order valence-electron chi connectivity index (χ4n) is 2.38. The van der Waals surface area contributed by atoms with Crippen molar-refractivity contribution in [2.24, 2.45) is 5.73 Å². The number of carbonyl (C=O) groups is 1. The van der Waals surface area contributed by atoms with Crippen LogP contribution in [0.15, 0.2) is 0 Å². The molecule has 1 amide bonds. The van der Waals surface area contributed by atoms with Crippen molar-refractivity contribution in [2.75, 3.05) is 26.7 Å². The zero-order valence-corrected chi connectivity index (χ0v) is 13.2. The highest BCUT2D eigenvalue weighted by Crippen LogP contribution is 2.17. The number of halogens is 2. The molecule has 0 aromatic rings. The van der Waals surface area contributed by atoms with Gasteiger partial charge in [-0.2, -0.15) is 0 Å². The molecule has 4 nitrogen and oxygen atoms in total. The van der Waals surface area contributed by atoms with Crippen LogP contribution in [0, 0.1) is 0 Å². The van der Waals surface area contributed by atoms with Gasteiger partial charge in [0.2, 0.25) is 5.91 Å². The lowest BCUT2D eigenvalue weighted by atomic mass is 10.1. The van der Waals surface area contributed by atoms with Gasteiger partial charge in [-0.05, 0) is 32.4 Å². The fraction of sp³-hybridized carbons (Fsp3) is 0.917.